The average Bonchev–Trinajstić information content (AvgIpc) is 2.34. The molecule has 4 heteroatoms. The first-order valence-electron chi connectivity index (χ1n) is 6.21. The highest BCUT2D eigenvalue weighted by atomic mass is 32.2. The third kappa shape index (κ3) is 5.19. The monoisotopic (exact) mass is 269 g/mol. The van der Waals surface area contributed by atoms with Crippen molar-refractivity contribution in [1.29, 1.82) is 0 Å². The molecule has 0 spiro atoms. The summed E-state index contributed by atoms with van der Waals surface area (Å²) in [5.74, 6) is 2.71. The van der Waals surface area contributed by atoms with Crippen LogP contribution in [0.1, 0.15) is 18.9 Å². The second kappa shape index (κ2) is 8.27. The zero-order chi connectivity index (χ0) is 13.4. The summed E-state index contributed by atoms with van der Waals surface area (Å²) in [6, 6.07) is 6.17. The van der Waals surface area contributed by atoms with E-state index in [0.29, 0.717) is 0 Å². The second-order valence-electron chi connectivity index (χ2n) is 4.36. The molecule has 0 amide bonds. The molecule has 2 N–H and O–H groups in total. The molecule has 18 heavy (non-hydrogen) atoms. The van der Waals surface area contributed by atoms with Crippen molar-refractivity contribution in [3.8, 4) is 11.5 Å². The van der Waals surface area contributed by atoms with E-state index in [1.807, 2.05) is 36.9 Å². The van der Waals surface area contributed by atoms with Crippen molar-refractivity contribution in [2.75, 3.05) is 25.7 Å². The normalized spacial score (nSPS) is 12.2. The molecular weight excluding hydrogens is 246 g/mol. The van der Waals surface area contributed by atoms with Crippen LogP contribution < -0.4 is 15.2 Å². The maximum Gasteiger partial charge on any atom is 0.161 e. The first-order chi connectivity index (χ1) is 8.67. The van der Waals surface area contributed by atoms with Crippen LogP contribution in [-0.2, 0) is 6.42 Å². The number of nitrogens with two attached hydrogens (primary N) is 1. The molecule has 0 aliphatic heterocycles. The fourth-order valence-electron chi connectivity index (χ4n) is 1.72. The van der Waals surface area contributed by atoms with E-state index >= 15 is 0 Å². The Morgan fingerprint density at radius 3 is 2.72 bits per heavy atom. The highest BCUT2D eigenvalue weighted by Gasteiger charge is 2.07. The smallest absolute Gasteiger partial charge is 0.161 e. The second-order valence-corrected chi connectivity index (χ2v) is 5.35. The molecule has 0 heterocycles. The first-order valence-corrected chi connectivity index (χ1v) is 7.61. The number of benzene rings is 1. The first kappa shape index (κ1) is 15.2. The van der Waals surface area contributed by atoms with E-state index in [1.54, 1.807) is 7.11 Å². The van der Waals surface area contributed by atoms with Crippen molar-refractivity contribution < 1.29 is 9.47 Å². The van der Waals surface area contributed by atoms with Crippen molar-refractivity contribution in [2.45, 2.75) is 25.8 Å². The summed E-state index contributed by atoms with van der Waals surface area (Å²) in [6.07, 6.45) is 4.00. The Hall–Kier alpha value is -0.870. The summed E-state index contributed by atoms with van der Waals surface area (Å²) in [6.45, 7) is 2.72. The molecule has 0 aliphatic rings. The molecule has 0 fully saturated rings. The molecular formula is C14H23NO2S. The summed E-state index contributed by atoms with van der Waals surface area (Å²) in [4.78, 5) is 0. The Labute approximate surface area is 114 Å². The van der Waals surface area contributed by atoms with Crippen LogP contribution in [0.4, 0.5) is 0 Å². The summed E-state index contributed by atoms with van der Waals surface area (Å²) >= 11 is 1.83. The van der Waals surface area contributed by atoms with Crippen LogP contribution in [0.15, 0.2) is 18.2 Å². The van der Waals surface area contributed by atoms with Gasteiger partial charge < -0.3 is 15.2 Å². The number of hydrogen-bond donors (Lipinski definition) is 1. The standard InChI is InChI=1S/C14H23NO2S/c1-11(15)9-12-5-6-13(16-2)14(10-12)17-7-4-8-18-3/h5-6,10-11H,4,7-9,15H2,1-3H3. The number of ether oxygens (including phenoxy) is 2. The van der Waals surface area contributed by atoms with Gasteiger partial charge in [0, 0.05) is 6.04 Å². The molecule has 0 saturated heterocycles. The highest BCUT2D eigenvalue weighted by Crippen LogP contribution is 2.28. The largest absolute Gasteiger partial charge is 0.493 e. The molecule has 0 aromatic heterocycles. The SMILES string of the molecule is COc1ccc(CC(C)N)cc1OCCCSC. The lowest BCUT2D eigenvalue weighted by molar-refractivity contribution is 0.295. The summed E-state index contributed by atoms with van der Waals surface area (Å²) in [5, 5.41) is 0. The van der Waals surface area contributed by atoms with E-state index in [2.05, 4.69) is 6.26 Å². The molecule has 102 valence electrons. The summed E-state index contributed by atoms with van der Waals surface area (Å²) in [5.41, 5.74) is 7.00. The van der Waals surface area contributed by atoms with Crippen LogP contribution in [0.3, 0.4) is 0 Å². The van der Waals surface area contributed by atoms with Crippen LogP contribution >= 0.6 is 11.8 Å². The molecule has 0 bridgehead atoms. The lowest BCUT2D eigenvalue weighted by Gasteiger charge is -2.13. The van der Waals surface area contributed by atoms with Gasteiger partial charge in [0.25, 0.3) is 0 Å². The number of thioether (sulfide) groups is 1. The zero-order valence-electron chi connectivity index (χ0n) is 11.4. The minimum Gasteiger partial charge on any atom is -0.493 e. The van der Waals surface area contributed by atoms with Crippen LogP contribution in [0, 0.1) is 0 Å². The average molecular weight is 269 g/mol. The molecule has 0 saturated carbocycles. The molecule has 1 atom stereocenters. The van der Waals surface area contributed by atoms with Crippen molar-refractivity contribution in [3.05, 3.63) is 23.8 Å². The fourth-order valence-corrected chi connectivity index (χ4v) is 2.12. The Morgan fingerprint density at radius 2 is 2.11 bits per heavy atom. The maximum absolute atomic E-state index is 5.81. The Morgan fingerprint density at radius 1 is 1.33 bits per heavy atom. The molecule has 1 unspecified atom stereocenters. The topological polar surface area (TPSA) is 44.5 Å². The van der Waals surface area contributed by atoms with Crippen molar-refractivity contribution >= 4 is 11.8 Å². The van der Waals surface area contributed by atoms with E-state index < -0.39 is 0 Å². The van der Waals surface area contributed by atoms with E-state index in [-0.39, 0.29) is 6.04 Å². The fraction of sp³-hybridized carbons (Fsp3) is 0.571. The lowest BCUT2D eigenvalue weighted by atomic mass is 10.1. The summed E-state index contributed by atoms with van der Waals surface area (Å²) in [7, 11) is 1.66. The maximum atomic E-state index is 5.81. The van der Waals surface area contributed by atoms with Gasteiger partial charge in [0.1, 0.15) is 0 Å². The van der Waals surface area contributed by atoms with E-state index in [9.17, 15) is 0 Å². The van der Waals surface area contributed by atoms with Crippen LogP contribution in [0.5, 0.6) is 11.5 Å². The molecule has 0 aliphatic carbocycles. The van der Waals surface area contributed by atoms with Gasteiger partial charge in [0.2, 0.25) is 0 Å². The van der Waals surface area contributed by atoms with Crippen LogP contribution in [0.2, 0.25) is 0 Å². The van der Waals surface area contributed by atoms with Gasteiger partial charge in [-0.1, -0.05) is 6.07 Å². The van der Waals surface area contributed by atoms with Crippen molar-refractivity contribution in [2.24, 2.45) is 5.73 Å². The Bertz CT molecular complexity index is 356. The van der Waals surface area contributed by atoms with Gasteiger partial charge in [-0.3, -0.25) is 0 Å². The number of hydrogen-bond acceptors (Lipinski definition) is 4. The lowest BCUT2D eigenvalue weighted by Crippen LogP contribution is -2.17. The molecule has 1 aromatic rings. The highest BCUT2D eigenvalue weighted by molar-refractivity contribution is 7.98. The number of methoxy groups -OCH3 is 1. The molecule has 1 rings (SSSR count). The number of rotatable bonds is 8. The van der Waals surface area contributed by atoms with Gasteiger partial charge >= 0.3 is 0 Å². The zero-order valence-corrected chi connectivity index (χ0v) is 12.3. The predicted octanol–water partition coefficient (Wildman–Crippen LogP) is 2.72. The summed E-state index contributed by atoms with van der Waals surface area (Å²) < 4.78 is 11.1. The molecule has 1 aromatic carbocycles. The van der Waals surface area contributed by atoms with Crippen LogP contribution in [0.25, 0.3) is 0 Å². The van der Waals surface area contributed by atoms with Gasteiger partial charge in [-0.25, -0.2) is 0 Å². The van der Waals surface area contributed by atoms with E-state index in [0.717, 1.165) is 36.7 Å². The predicted molar refractivity (Wildman–Crippen MR) is 78.8 cm³/mol. The minimum absolute atomic E-state index is 0.155. The molecule has 0 radical (unpaired) electrons. The van der Waals surface area contributed by atoms with Crippen molar-refractivity contribution in [1.82, 2.24) is 0 Å². The van der Waals surface area contributed by atoms with Gasteiger partial charge in [-0.15, -0.1) is 0 Å². The van der Waals surface area contributed by atoms with Gasteiger partial charge in [-0.2, -0.15) is 11.8 Å². The quantitative estimate of drug-likeness (QED) is 0.737. The minimum atomic E-state index is 0.155. The van der Waals surface area contributed by atoms with Gasteiger partial charge in [0.05, 0.1) is 13.7 Å². The molecule has 3 nitrogen and oxygen atoms in total. The van der Waals surface area contributed by atoms with Gasteiger partial charge in [-0.05, 0) is 49.5 Å². The third-order valence-corrected chi connectivity index (χ3v) is 3.23. The van der Waals surface area contributed by atoms with E-state index in [1.165, 1.54) is 5.56 Å². The van der Waals surface area contributed by atoms with Crippen molar-refractivity contribution in [3.63, 3.8) is 0 Å². The van der Waals surface area contributed by atoms with Gasteiger partial charge in [0.15, 0.2) is 11.5 Å². The van der Waals surface area contributed by atoms with Crippen LogP contribution in [-0.4, -0.2) is 31.8 Å². The van der Waals surface area contributed by atoms with E-state index in [4.69, 9.17) is 15.2 Å². The third-order valence-electron chi connectivity index (χ3n) is 2.54. The Kier molecular flexibility index (Phi) is 6.98. The Balaban J connectivity index is 2.66.